The molecule has 2 N–H and O–H groups in total. The molecule has 0 bridgehead atoms. The van der Waals surface area contributed by atoms with E-state index in [2.05, 4.69) is 25.3 Å². The molecule has 3 aromatic rings. The van der Waals surface area contributed by atoms with Crippen molar-refractivity contribution in [1.29, 1.82) is 0 Å². The minimum Gasteiger partial charge on any atom is -0.507 e. The van der Waals surface area contributed by atoms with E-state index in [1.165, 1.54) is 24.5 Å². The number of H-pyrrole nitrogens is 1. The zero-order chi connectivity index (χ0) is 12.5. The van der Waals surface area contributed by atoms with Gasteiger partial charge in [0.2, 0.25) is 5.82 Å². The maximum atomic E-state index is 13.6. The lowest BCUT2D eigenvalue weighted by molar-refractivity contribution is 0.421. The lowest BCUT2D eigenvalue weighted by Crippen LogP contribution is -1.86. The Morgan fingerprint density at radius 3 is 2.94 bits per heavy atom. The molecule has 0 saturated carbocycles. The van der Waals surface area contributed by atoms with Crippen LogP contribution >= 0.6 is 0 Å². The predicted octanol–water partition coefficient (Wildman–Crippen LogP) is 1.37. The molecule has 0 saturated heterocycles. The summed E-state index contributed by atoms with van der Waals surface area (Å²) in [5, 5.41) is 19.4. The Bertz CT molecular complexity index is 659. The summed E-state index contributed by atoms with van der Waals surface area (Å²) in [4.78, 5) is 7.76. The van der Waals surface area contributed by atoms with Gasteiger partial charge >= 0.3 is 0 Å². The fourth-order valence-corrected chi connectivity index (χ4v) is 1.46. The zero-order valence-electron chi connectivity index (χ0n) is 8.83. The zero-order valence-corrected chi connectivity index (χ0v) is 8.83. The highest BCUT2D eigenvalue weighted by atomic mass is 19.1. The van der Waals surface area contributed by atoms with Crippen LogP contribution in [-0.4, -0.2) is 30.4 Å². The van der Waals surface area contributed by atoms with Crippen molar-refractivity contribution in [3.05, 3.63) is 30.3 Å². The third kappa shape index (κ3) is 1.59. The molecule has 0 aliphatic carbocycles. The van der Waals surface area contributed by atoms with Crippen molar-refractivity contribution >= 4 is 0 Å². The third-order valence-corrected chi connectivity index (χ3v) is 2.26. The van der Waals surface area contributed by atoms with Crippen molar-refractivity contribution in [2.75, 3.05) is 0 Å². The van der Waals surface area contributed by atoms with Crippen LogP contribution in [0.4, 0.5) is 4.39 Å². The second-order valence-electron chi connectivity index (χ2n) is 3.39. The highest BCUT2D eigenvalue weighted by molar-refractivity contribution is 5.64. The van der Waals surface area contributed by atoms with Crippen LogP contribution in [0.5, 0.6) is 5.75 Å². The summed E-state index contributed by atoms with van der Waals surface area (Å²) in [5.74, 6) is -0.631. The first-order chi connectivity index (χ1) is 8.75. The first-order valence-corrected chi connectivity index (χ1v) is 4.93. The molecule has 0 aliphatic heterocycles. The van der Waals surface area contributed by atoms with Crippen LogP contribution in [0.2, 0.25) is 0 Å². The molecule has 2 aromatic heterocycles. The summed E-state index contributed by atoms with van der Waals surface area (Å²) in [6.45, 7) is 0. The minimum atomic E-state index is -0.650. The van der Waals surface area contributed by atoms with Gasteiger partial charge in [0, 0.05) is 0 Å². The van der Waals surface area contributed by atoms with Gasteiger partial charge in [-0.2, -0.15) is 10.1 Å². The third-order valence-electron chi connectivity index (χ3n) is 2.26. The number of aromatic amines is 1. The molecule has 0 unspecified atom stereocenters. The highest BCUT2D eigenvalue weighted by Crippen LogP contribution is 2.30. The molecule has 0 radical (unpaired) electrons. The normalized spacial score (nSPS) is 10.7. The lowest BCUT2D eigenvalue weighted by Gasteiger charge is -1.99. The Morgan fingerprint density at radius 1 is 1.33 bits per heavy atom. The molecule has 0 aliphatic rings. The van der Waals surface area contributed by atoms with Gasteiger partial charge in [0.25, 0.3) is 5.89 Å². The van der Waals surface area contributed by atoms with Crippen molar-refractivity contribution in [3.63, 3.8) is 0 Å². The fraction of sp³-hybridized carbons (Fsp3) is 0. The second-order valence-corrected chi connectivity index (χ2v) is 3.39. The van der Waals surface area contributed by atoms with Crippen molar-refractivity contribution in [1.82, 2.24) is 25.3 Å². The van der Waals surface area contributed by atoms with E-state index in [0.29, 0.717) is 5.82 Å². The maximum Gasteiger partial charge on any atom is 0.265 e. The number of phenolic OH excluding ortho intramolecular Hbond substituents is 1. The number of nitrogens with one attached hydrogen (secondary N) is 1. The van der Waals surface area contributed by atoms with Gasteiger partial charge in [-0.05, 0) is 12.1 Å². The van der Waals surface area contributed by atoms with Gasteiger partial charge < -0.3 is 9.63 Å². The Balaban J connectivity index is 2.09. The van der Waals surface area contributed by atoms with Gasteiger partial charge in [0.05, 0.1) is 0 Å². The molecular weight excluding hydrogens is 241 g/mol. The summed E-state index contributed by atoms with van der Waals surface area (Å²) in [7, 11) is 0. The van der Waals surface area contributed by atoms with Gasteiger partial charge in [-0.1, -0.05) is 11.2 Å². The summed E-state index contributed by atoms with van der Waals surface area (Å²) in [6.07, 6.45) is 1.28. The van der Waals surface area contributed by atoms with Crippen LogP contribution in [0.3, 0.4) is 0 Å². The molecule has 0 atom stereocenters. The fourth-order valence-electron chi connectivity index (χ4n) is 1.46. The number of phenols is 1. The number of halogens is 1. The quantitative estimate of drug-likeness (QED) is 0.709. The number of benzene rings is 1. The Kier molecular flexibility index (Phi) is 2.26. The molecule has 0 fully saturated rings. The number of aromatic nitrogens is 5. The van der Waals surface area contributed by atoms with Gasteiger partial charge in [0.15, 0.2) is 5.82 Å². The summed E-state index contributed by atoms with van der Waals surface area (Å²) in [5.41, 5.74) is -0.143. The first kappa shape index (κ1) is 10.4. The topological polar surface area (TPSA) is 101 Å². The van der Waals surface area contributed by atoms with Crippen LogP contribution < -0.4 is 0 Å². The van der Waals surface area contributed by atoms with Crippen molar-refractivity contribution < 1.29 is 14.0 Å². The van der Waals surface area contributed by atoms with E-state index in [1.807, 2.05) is 0 Å². The highest BCUT2D eigenvalue weighted by Gasteiger charge is 2.18. The van der Waals surface area contributed by atoms with E-state index in [0.717, 1.165) is 0 Å². The Labute approximate surface area is 99.3 Å². The number of rotatable bonds is 2. The van der Waals surface area contributed by atoms with Crippen molar-refractivity contribution in [3.8, 4) is 28.9 Å². The number of hydrogen-bond donors (Lipinski definition) is 2. The largest absolute Gasteiger partial charge is 0.507 e. The van der Waals surface area contributed by atoms with Crippen LogP contribution in [0.15, 0.2) is 29.0 Å². The predicted molar refractivity (Wildman–Crippen MR) is 56.7 cm³/mol. The summed E-state index contributed by atoms with van der Waals surface area (Å²) < 4.78 is 18.5. The molecule has 18 heavy (non-hydrogen) atoms. The van der Waals surface area contributed by atoms with E-state index in [1.54, 1.807) is 0 Å². The number of aromatic hydroxyl groups is 1. The van der Waals surface area contributed by atoms with Crippen LogP contribution in [0, 0.1) is 5.82 Å². The summed E-state index contributed by atoms with van der Waals surface area (Å²) in [6, 6.07) is 3.89. The molecule has 3 rings (SSSR count). The van der Waals surface area contributed by atoms with Gasteiger partial charge in [-0.3, -0.25) is 5.10 Å². The molecule has 7 nitrogen and oxygen atoms in total. The SMILES string of the molecule is Oc1cccc(F)c1-c1nc(-c2ncn[nH]2)no1. The number of nitrogens with zero attached hydrogens (tertiary/aromatic N) is 4. The maximum absolute atomic E-state index is 13.6. The molecule has 2 heterocycles. The lowest BCUT2D eigenvalue weighted by atomic mass is 10.2. The smallest absolute Gasteiger partial charge is 0.265 e. The Morgan fingerprint density at radius 2 is 2.22 bits per heavy atom. The monoisotopic (exact) mass is 247 g/mol. The average molecular weight is 247 g/mol. The van der Waals surface area contributed by atoms with E-state index in [-0.39, 0.29) is 23.0 Å². The van der Waals surface area contributed by atoms with Crippen molar-refractivity contribution in [2.24, 2.45) is 0 Å². The molecule has 0 amide bonds. The van der Waals surface area contributed by atoms with E-state index in [9.17, 15) is 9.50 Å². The summed E-state index contributed by atoms with van der Waals surface area (Å²) >= 11 is 0. The van der Waals surface area contributed by atoms with Gasteiger partial charge in [-0.25, -0.2) is 9.37 Å². The van der Waals surface area contributed by atoms with Crippen LogP contribution in [-0.2, 0) is 0 Å². The molecule has 90 valence electrons. The van der Waals surface area contributed by atoms with Crippen LogP contribution in [0.1, 0.15) is 0 Å². The molecule has 8 heteroatoms. The van der Waals surface area contributed by atoms with Gasteiger partial charge in [-0.15, -0.1) is 0 Å². The van der Waals surface area contributed by atoms with E-state index < -0.39 is 5.82 Å². The molecule has 0 spiro atoms. The molecular formula is C10H6FN5O2. The Hall–Kier alpha value is -2.77. The van der Waals surface area contributed by atoms with E-state index >= 15 is 0 Å². The average Bonchev–Trinajstić information content (AvgIpc) is 2.99. The number of hydrogen-bond acceptors (Lipinski definition) is 6. The minimum absolute atomic E-state index is 0.128. The first-order valence-electron chi connectivity index (χ1n) is 4.93. The molecule has 1 aromatic carbocycles. The van der Waals surface area contributed by atoms with Crippen LogP contribution in [0.25, 0.3) is 23.1 Å². The van der Waals surface area contributed by atoms with Crippen molar-refractivity contribution in [2.45, 2.75) is 0 Å². The second kappa shape index (κ2) is 3.91. The standard InChI is InChI=1S/C10H6FN5O2/c11-5-2-1-3-6(17)7(5)10-14-9(16-18-10)8-12-4-13-15-8/h1-4,17H,(H,12,13,15). The van der Waals surface area contributed by atoms with Gasteiger partial charge in [0.1, 0.15) is 23.5 Å². The van der Waals surface area contributed by atoms with E-state index in [4.69, 9.17) is 4.52 Å².